The van der Waals surface area contributed by atoms with Crippen molar-refractivity contribution >= 4 is 26.0 Å². The van der Waals surface area contributed by atoms with Gasteiger partial charge in [-0.2, -0.15) is 4.72 Å². The highest BCUT2D eigenvalue weighted by atomic mass is 79.9. The largest absolute Gasteiger partial charge is 0.495 e. The van der Waals surface area contributed by atoms with Crippen molar-refractivity contribution < 1.29 is 17.6 Å². The van der Waals surface area contributed by atoms with Gasteiger partial charge in [-0.15, -0.1) is 5.10 Å². The Hall–Kier alpha value is -2.43. The zero-order valence-electron chi connectivity index (χ0n) is 17.0. The van der Waals surface area contributed by atoms with Gasteiger partial charge in [0.15, 0.2) is 0 Å². The summed E-state index contributed by atoms with van der Waals surface area (Å²) >= 11 is 3.32. The van der Waals surface area contributed by atoms with Gasteiger partial charge in [0.1, 0.15) is 16.7 Å². The Balaban J connectivity index is 1.77. The highest BCUT2D eigenvalue weighted by Crippen LogP contribution is 2.37. The molecule has 0 aliphatic heterocycles. The Kier molecular flexibility index (Phi) is 6.05. The third-order valence-electron chi connectivity index (χ3n) is 5.59. The summed E-state index contributed by atoms with van der Waals surface area (Å²) in [6, 6.07) is 9.80. The van der Waals surface area contributed by atoms with Gasteiger partial charge in [0.25, 0.3) is 0 Å². The van der Waals surface area contributed by atoms with Crippen molar-refractivity contribution in [2.75, 3.05) is 7.11 Å². The summed E-state index contributed by atoms with van der Waals surface area (Å²) in [4.78, 5) is 11.6. The van der Waals surface area contributed by atoms with Crippen LogP contribution in [0.25, 0.3) is 0 Å². The lowest BCUT2D eigenvalue weighted by atomic mass is 9.88. The Morgan fingerprint density at radius 2 is 2.06 bits per heavy atom. The van der Waals surface area contributed by atoms with Gasteiger partial charge in [0.2, 0.25) is 15.9 Å². The van der Waals surface area contributed by atoms with Crippen molar-refractivity contribution in [2.24, 2.45) is 0 Å². The van der Waals surface area contributed by atoms with E-state index in [0.717, 1.165) is 24.8 Å². The number of halogens is 1. The van der Waals surface area contributed by atoms with Crippen LogP contribution >= 0.6 is 15.9 Å². The molecule has 0 spiro atoms. The van der Waals surface area contributed by atoms with Crippen molar-refractivity contribution in [2.45, 2.75) is 43.0 Å². The molecule has 0 amide bonds. The van der Waals surface area contributed by atoms with E-state index in [-0.39, 0.29) is 22.5 Å². The lowest BCUT2D eigenvalue weighted by Crippen LogP contribution is -2.33. The molecule has 2 aromatic carbocycles. The summed E-state index contributed by atoms with van der Waals surface area (Å²) in [6.07, 6.45) is 2.99. The molecule has 1 aliphatic carbocycles. The first kappa shape index (κ1) is 21.8. The van der Waals surface area contributed by atoms with Gasteiger partial charge < -0.3 is 9.15 Å². The second kappa shape index (κ2) is 8.60. The maximum absolute atomic E-state index is 13.3. The van der Waals surface area contributed by atoms with Crippen LogP contribution < -0.4 is 15.2 Å². The molecule has 1 aromatic heterocycles. The topological polar surface area (TPSA) is 114 Å². The van der Waals surface area contributed by atoms with Crippen molar-refractivity contribution in [3.63, 3.8) is 0 Å². The van der Waals surface area contributed by atoms with Crippen LogP contribution in [-0.4, -0.2) is 25.7 Å². The van der Waals surface area contributed by atoms with E-state index < -0.39 is 21.8 Å². The highest BCUT2D eigenvalue weighted by molar-refractivity contribution is 9.10. The van der Waals surface area contributed by atoms with Crippen molar-refractivity contribution in [3.8, 4) is 5.75 Å². The van der Waals surface area contributed by atoms with Crippen LogP contribution in [0.15, 0.2) is 55.0 Å². The Bertz CT molecular complexity index is 1270. The third-order valence-corrected chi connectivity index (χ3v) is 7.56. The lowest BCUT2D eigenvalue weighted by molar-refractivity contribution is 0.378. The third kappa shape index (κ3) is 4.32. The molecule has 1 aliphatic rings. The van der Waals surface area contributed by atoms with Crippen molar-refractivity contribution in [3.05, 3.63) is 74.0 Å². The molecule has 1 heterocycles. The standard InChI is InChI=1S/C21H22BrN3O5S/c1-12(15-7-3-5-13-6-4-8-16(13)15)19(20-23-24-21(26)30-20)25-31(27,28)18-10-9-14(22)11-17(18)29-2/h3,5,7,9-12,19,25H,4,6,8H2,1-2H3,(H,24,26)/t12-,19+/m1/s1. The monoisotopic (exact) mass is 507 g/mol. The Morgan fingerprint density at radius 1 is 1.26 bits per heavy atom. The predicted octanol–water partition coefficient (Wildman–Crippen LogP) is 3.45. The molecule has 8 nitrogen and oxygen atoms in total. The fraction of sp³-hybridized carbons (Fsp3) is 0.333. The van der Waals surface area contributed by atoms with E-state index in [2.05, 4.69) is 36.9 Å². The van der Waals surface area contributed by atoms with Crippen molar-refractivity contribution in [1.29, 1.82) is 0 Å². The minimum absolute atomic E-state index is 0.0206. The molecule has 0 fully saturated rings. The first-order chi connectivity index (χ1) is 14.8. The molecule has 3 aromatic rings. The molecule has 0 saturated carbocycles. The van der Waals surface area contributed by atoms with Gasteiger partial charge in [-0.25, -0.2) is 18.3 Å². The van der Waals surface area contributed by atoms with E-state index in [1.165, 1.54) is 24.3 Å². The lowest BCUT2D eigenvalue weighted by Gasteiger charge is -2.25. The molecule has 4 rings (SSSR count). The van der Waals surface area contributed by atoms with Crippen LogP contribution in [-0.2, 0) is 22.9 Å². The first-order valence-corrected chi connectivity index (χ1v) is 12.1. The predicted molar refractivity (Wildman–Crippen MR) is 118 cm³/mol. The summed E-state index contributed by atoms with van der Waals surface area (Å²) in [6.45, 7) is 1.90. The smallest absolute Gasteiger partial charge is 0.434 e. The van der Waals surface area contributed by atoms with Gasteiger partial charge >= 0.3 is 5.76 Å². The average molecular weight is 508 g/mol. The number of benzene rings is 2. The maximum atomic E-state index is 13.3. The SMILES string of the molecule is COc1cc(Br)ccc1S(=O)(=O)N[C@H](c1n[nH]c(=O)o1)[C@H](C)c1cccc2c1CCC2. The molecule has 2 N–H and O–H groups in total. The number of aryl methyl sites for hydroxylation is 1. The number of nitrogens with one attached hydrogen (secondary N) is 2. The minimum Gasteiger partial charge on any atom is -0.495 e. The Labute approximate surface area is 188 Å². The van der Waals surface area contributed by atoms with Gasteiger partial charge in [0, 0.05) is 10.4 Å². The number of fused-ring (bicyclic) bond motifs is 1. The zero-order valence-corrected chi connectivity index (χ0v) is 19.4. The second-order valence-corrected chi connectivity index (χ2v) is 10.1. The summed E-state index contributed by atoms with van der Waals surface area (Å²) < 4.78 is 40.5. The molecule has 31 heavy (non-hydrogen) atoms. The second-order valence-electron chi connectivity index (χ2n) is 7.47. The number of rotatable bonds is 7. The van der Waals surface area contributed by atoms with Gasteiger partial charge in [-0.1, -0.05) is 41.1 Å². The molecule has 10 heteroatoms. The summed E-state index contributed by atoms with van der Waals surface area (Å²) in [5.74, 6) is -0.910. The van der Waals surface area contributed by atoms with Crippen LogP contribution in [0.2, 0.25) is 0 Å². The highest BCUT2D eigenvalue weighted by Gasteiger charge is 2.34. The number of sulfonamides is 1. The van der Waals surface area contributed by atoms with Crippen LogP contribution in [0.4, 0.5) is 0 Å². The van der Waals surface area contributed by atoms with Gasteiger partial charge in [-0.05, 0) is 54.2 Å². The van der Waals surface area contributed by atoms with E-state index in [4.69, 9.17) is 9.15 Å². The number of methoxy groups -OCH3 is 1. The van der Waals surface area contributed by atoms with E-state index in [1.807, 2.05) is 19.1 Å². The minimum atomic E-state index is -4.04. The van der Waals surface area contributed by atoms with E-state index in [9.17, 15) is 13.2 Å². The number of aromatic amines is 1. The molecule has 2 atom stereocenters. The quantitative estimate of drug-likeness (QED) is 0.506. The number of hydrogen-bond acceptors (Lipinski definition) is 6. The number of nitrogens with zero attached hydrogens (tertiary/aromatic N) is 1. The van der Waals surface area contributed by atoms with Crippen LogP contribution in [0.3, 0.4) is 0 Å². The number of aromatic nitrogens is 2. The van der Waals surface area contributed by atoms with Crippen LogP contribution in [0.5, 0.6) is 5.75 Å². The number of hydrogen-bond donors (Lipinski definition) is 2. The van der Waals surface area contributed by atoms with Gasteiger partial charge in [0.05, 0.1) is 7.11 Å². The molecule has 164 valence electrons. The number of ether oxygens (including phenoxy) is 1. The summed E-state index contributed by atoms with van der Waals surface area (Å²) in [5, 5.41) is 6.15. The summed E-state index contributed by atoms with van der Waals surface area (Å²) in [7, 11) is -2.63. The number of H-pyrrole nitrogens is 1. The normalized spacial score (nSPS) is 15.5. The fourth-order valence-corrected chi connectivity index (χ4v) is 5.85. The fourth-order valence-electron chi connectivity index (χ4n) is 4.09. The molecule has 0 radical (unpaired) electrons. The molecule has 0 bridgehead atoms. The molecular formula is C21H22BrN3O5S. The van der Waals surface area contributed by atoms with Crippen LogP contribution in [0.1, 0.15) is 47.9 Å². The molecular weight excluding hydrogens is 486 g/mol. The first-order valence-electron chi connectivity index (χ1n) is 9.82. The zero-order chi connectivity index (χ0) is 22.2. The molecule has 0 saturated heterocycles. The maximum Gasteiger partial charge on any atom is 0.434 e. The van der Waals surface area contributed by atoms with Crippen LogP contribution in [0, 0.1) is 0 Å². The van der Waals surface area contributed by atoms with E-state index in [1.54, 1.807) is 12.1 Å². The Morgan fingerprint density at radius 3 is 2.77 bits per heavy atom. The average Bonchev–Trinajstić information content (AvgIpc) is 3.39. The summed E-state index contributed by atoms with van der Waals surface area (Å²) in [5.41, 5.74) is 3.50. The van der Waals surface area contributed by atoms with E-state index in [0.29, 0.717) is 4.47 Å². The van der Waals surface area contributed by atoms with E-state index >= 15 is 0 Å². The van der Waals surface area contributed by atoms with Gasteiger partial charge in [-0.3, -0.25) is 0 Å². The van der Waals surface area contributed by atoms with Crippen molar-refractivity contribution in [1.82, 2.24) is 14.9 Å². The molecule has 0 unspecified atom stereocenters.